The van der Waals surface area contributed by atoms with Crippen LogP contribution in [0.1, 0.15) is 13.3 Å². The standard InChI is InChI=1S/C9H17N5S/c1-7(15-2)3-5-11-8-4-6-12-9(13-8)14-10/h4,6-7H,3,5,10H2,1-2H3,(H2,11,12,13,14). The number of nitrogen functional groups attached to an aromatic ring is 1. The second-order valence-electron chi connectivity index (χ2n) is 3.17. The fourth-order valence-corrected chi connectivity index (χ4v) is 1.40. The van der Waals surface area contributed by atoms with Crippen molar-refractivity contribution in [3.05, 3.63) is 12.3 Å². The first-order valence-corrected chi connectivity index (χ1v) is 6.11. The first kappa shape index (κ1) is 12.1. The summed E-state index contributed by atoms with van der Waals surface area (Å²) in [5.74, 6) is 6.44. The van der Waals surface area contributed by atoms with Crippen molar-refractivity contribution < 1.29 is 0 Å². The van der Waals surface area contributed by atoms with Crippen LogP contribution in [0.2, 0.25) is 0 Å². The van der Waals surface area contributed by atoms with Gasteiger partial charge in [0.05, 0.1) is 0 Å². The van der Waals surface area contributed by atoms with Crippen molar-refractivity contribution in [2.24, 2.45) is 5.84 Å². The molecule has 0 aliphatic rings. The number of anilines is 2. The number of aromatic nitrogens is 2. The highest BCUT2D eigenvalue weighted by molar-refractivity contribution is 7.99. The maximum Gasteiger partial charge on any atom is 0.239 e. The molecule has 0 spiro atoms. The molecular weight excluding hydrogens is 210 g/mol. The molecule has 84 valence electrons. The molecule has 1 unspecified atom stereocenters. The molecule has 6 heteroatoms. The first-order chi connectivity index (χ1) is 7.26. The molecule has 4 N–H and O–H groups in total. The molecule has 1 rings (SSSR count). The lowest BCUT2D eigenvalue weighted by Crippen LogP contribution is -2.13. The van der Waals surface area contributed by atoms with E-state index < -0.39 is 0 Å². The average Bonchev–Trinajstić information content (AvgIpc) is 2.29. The number of nitrogens with one attached hydrogen (secondary N) is 2. The van der Waals surface area contributed by atoms with Crippen LogP contribution in [0.15, 0.2) is 12.3 Å². The second kappa shape index (κ2) is 6.47. The van der Waals surface area contributed by atoms with Crippen LogP contribution in [-0.2, 0) is 0 Å². The third-order valence-corrected chi connectivity index (χ3v) is 3.08. The predicted molar refractivity (Wildman–Crippen MR) is 65.9 cm³/mol. The maximum absolute atomic E-state index is 5.21. The zero-order valence-corrected chi connectivity index (χ0v) is 9.84. The Morgan fingerprint density at radius 2 is 2.40 bits per heavy atom. The molecule has 0 bridgehead atoms. The Kier molecular flexibility index (Phi) is 5.20. The Morgan fingerprint density at radius 1 is 1.60 bits per heavy atom. The van der Waals surface area contributed by atoms with Gasteiger partial charge in [-0.3, -0.25) is 5.43 Å². The van der Waals surface area contributed by atoms with Crippen molar-refractivity contribution in [2.45, 2.75) is 18.6 Å². The lowest BCUT2D eigenvalue weighted by atomic mass is 10.3. The molecule has 5 nitrogen and oxygen atoms in total. The van der Waals surface area contributed by atoms with Crippen LogP contribution >= 0.6 is 11.8 Å². The number of rotatable bonds is 6. The Balaban J connectivity index is 2.37. The smallest absolute Gasteiger partial charge is 0.239 e. The van der Waals surface area contributed by atoms with E-state index in [1.54, 1.807) is 6.20 Å². The van der Waals surface area contributed by atoms with Crippen molar-refractivity contribution in [3.8, 4) is 0 Å². The lowest BCUT2D eigenvalue weighted by molar-refractivity contribution is 0.849. The topological polar surface area (TPSA) is 75.9 Å². The summed E-state index contributed by atoms with van der Waals surface area (Å²) < 4.78 is 0. The molecule has 0 aliphatic carbocycles. The number of hydrogen-bond donors (Lipinski definition) is 3. The normalized spacial score (nSPS) is 12.2. The molecule has 1 aromatic rings. The van der Waals surface area contributed by atoms with Crippen molar-refractivity contribution in [1.82, 2.24) is 9.97 Å². The summed E-state index contributed by atoms with van der Waals surface area (Å²) in [5.41, 5.74) is 2.41. The summed E-state index contributed by atoms with van der Waals surface area (Å²) >= 11 is 1.86. The number of hydrogen-bond acceptors (Lipinski definition) is 6. The van der Waals surface area contributed by atoms with Gasteiger partial charge in [0.15, 0.2) is 0 Å². The van der Waals surface area contributed by atoms with Gasteiger partial charge in [-0.2, -0.15) is 16.7 Å². The molecule has 0 aliphatic heterocycles. The molecule has 1 aromatic heterocycles. The van der Waals surface area contributed by atoms with E-state index in [1.807, 2.05) is 17.8 Å². The van der Waals surface area contributed by atoms with E-state index >= 15 is 0 Å². The van der Waals surface area contributed by atoms with Gasteiger partial charge in [-0.1, -0.05) is 6.92 Å². The summed E-state index contributed by atoms with van der Waals surface area (Å²) in [7, 11) is 0. The number of nitrogens with zero attached hydrogens (tertiary/aromatic N) is 2. The fourth-order valence-electron chi connectivity index (χ4n) is 1.05. The highest BCUT2D eigenvalue weighted by atomic mass is 32.2. The molecule has 0 saturated carbocycles. The quantitative estimate of drug-likeness (QED) is 0.502. The molecule has 1 heterocycles. The first-order valence-electron chi connectivity index (χ1n) is 4.82. The molecule has 15 heavy (non-hydrogen) atoms. The summed E-state index contributed by atoms with van der Waals surface area (Å²) in [6.07, 6.45) is 4.89. The van der Waals surface area contributed by atoms with Crippen molar-refractivity contribution >= 4 is 23.5 Å². The van der Waals surface area contributed by atoms with Crippen LogP contribution in [0.5, 0.6) is 0 Å². The monoisotopic (exact) mass is 227 g/mol. The van der Waals surface area contributed by atoms with Crippen molar-refractivity contribution in [3.63, 3.8) is 0 Å². The third-order valence-electron chi connectivity index (χ3n) is 2.04. The second-order valence-corrected chi connectivity index (χ2v) is 4.45. The lowest BCUT2D eigenvalue weighted by Gasteiger charge is -2.09. The summed E-state index contributed by atoms with van der Waals surface area (Å²) in [4.78, 5) is 8.07. The highest BCUT2D eigenvalue weighted by Crippen LogP contribution is 2.10. The van der Waals surface area contributed by atoms with E-state index in [4.69, 9.17) is 5.84 Å². The van der Waals surface area contributed by atoms with E-state index in [1.165, 1.54) is 0 Å². The molecule has 0 fully saturated rings. The Bertz CT molecular complexity index is 294. The number of hydrazine groups is 1. The average molecular weight is 227 g/mol. The van der Waals surface area contributed by atoms with Gasteiger partial charge in [0.25, 0.3) is 0 Å². The summed E-state index contributed by atoms with van der Waals surface area (Å²) in [5, 5.41) is 3.88. The minimum atomic E-state index is 0.429. The van der Waals surface area contributed by atoms with Gasteiger partial charge in [0.1, 0.15) is 5.82 Å². The van der Waals surface area contributed by atoms with Crippen molar-refractivity contribution in [2.75, 3.05) is 23.5 Å². The summed E-state index contributed by atoms with van der Waals surface area (Å²) in [6.45, 7) is 3.11. The van der Waals surface area contributed by atoms with Crippen LogP contribution < -0.4 is 16.6 Å². The van der Waals surface area contributed by atoms with Gasteiger partial charge in [-0.25, -0.2) is 10.8 Å². The largest absolute Gasteiger partial charge is 0.370 e. The van der Waals surface area contributed by atoms with E-state index in [9.17, 15) is 0 Å². The van der Waals surface area contributed by atoms with Gasteiger partial charge in [-0.15, -0.1) is 0 Å². The zero-order valence-electron chi connectivity index (χ0n) is 9.03. The number of nitrogens with two attached hydrogens (primary N) is 1. The Morgan fingerprint density at radius 3 is 3.07 bits per heavy atom. The van der Waals surface area contributed by atoms with Crippen LogP contribution in [0.25, 0.3) is 0 Å². The SMILES string of the molecule is CSC(C)CCNc1ccnc(NN)n1. The van der Waals surface area contributed by atoms with Gasteiger partial charge in [-0.05, 0) is 18.7 Å². The van der Waals surface area contributed by atoms with Crippen LogP contribution in [-0.4, -0.2) is 28.0 Å². The van der Waals surface area contributed by atoms with Gasteiger partial charge in [0, 0.05) is 18.0 Å². The molecule has 0 amide bonds. The maximum atomic E-state index is 5.21. The highest BCUT2D eigenvalue weighted by Gasteiger charge is 2.00. The Labute approximate surface area is 94.2 Å². The van der Waals surface area contributed by atoms with E-state index in [0.717, 1.165) is 18.8 Å². The van der Waals surface area contributed by atoms with Gasteiger partial charge >= 0.3 is 0 Å². The fraction of sp³-hybridized carbons (Fsp3) is 0.556. The van der Waals surface area contributed by atoms with E-state index in [0.29, 0.717) is 11.2 Å². The predicted octanol–water partition coefficient (Wildman–Crippen LogP) is 1.32. The Hall–Kier alpha value is -1.01. The van der Waals surface area contributed by atoms with Crippen molar-refractivity contribution in [1.29, 1.82) is 0 Å². The van der Waals surface area contributed by atoms with Crippen LogP contribution in [0, 0.1) is 0 Å². The molecule has 0 radical (unpaired) electrons. The van der Waals surface area contributed by atoms with E-state index in [-0.39, 0.29) is 0 Å². The molecule has 0 saturated heterocycles. The molecular formula is C9H17N5S. The third kappa shape index (κ3) is 4.35. The van der Waals surface area contributed by atoms with Crippen LogP contribution in [0.3, 0.4) is 0 Å². The zero-order chi connectivity index (χ0) is 11.1. The minimum Gasteiger partial charge on any atom is -0.370 e. The summed E-state index contributed by atoms with van der Waals surface area (Å²) in [6, 6.07) is 1.82. The van der Waals surface area contributed by atoms with Gasteiger partial charge in [0.2, 0.25) is 5.95 Å². The van der Waals surface area contributed by atoms with Gasteiger partial charge < -0.3 is 5.32 Å². The number of thioether (sulfide) groups is 1. The van der Waals surface area contributed by atoms with E-state index in [2.05, 4.69) is 33.9 Å². The molecule has 1 atom stereocenters. The minimum absolute atomic E-state index is 0.429. The molecule has 0 aromatic carbocycles. The van der Waals surface area contributed by atoms with Crippen LogP contribution in [0.4, 0.5) is 11.8 Å².